The predicted octanol–water partition coefficient (Wildman–Crippen LogP) is 6.43. The number of H-pyrrole nitrogens is 2. The van der Waals surface area contributed by atoms with Crippen LogP contribution in [0.4, 0.5) is 0 Å². The van der Waals surface area contributed by atoms with E-state index in [0.29, 0.717) is 11.3 Å². The van der Waals surface area contributed by atoms with Gasteiger partial charge in [-0.3, -0.25) is 4.79 Å². The maximum Gasteiger partial charge on any atom is 0.209 e. The van der Waals surface area contributed by atoms with Crippen LogP contribution in [0.5, 0.6) is 0 Å². The Hall–Kier alpha value is -2.12. The van der Waals surface area contributed by atoms with Crippen molar-refractivity contribution in [3.05, 3.63) is 115 Å². The van der Waals surface area contributed by atoms with Gasteiger partial charge in [-0.25, -0.2) is 0 Å². The SMILES string of the molecule is Cc1ccc(C(=O)c2ccc(C(c3ccc(I)cc3)c3ccc(Br)[nH]3)[nH]2)cc1. The molecule has 2 aromatic heterocycles. The molecule has 0 saturated heterocycles. The van der Waals surface area contributed by atoms with Gasteiger partial charge in [-0.2, -0.15) is 0 Å². The summed E-state index contributed by atoms with van der Waals surface area (Å²) in [7, 11) is 0. The van der Waals surface area contributed by atoms with E-state index in [1.807, 2.05) is 49.4 Å². The molecule has 2 heterocycles. The standard InChI is InChI=1S/C23H18BrIN2O/c1-14-2-4-16(5-3-14)23(28)20-11-10-18(26-20)22(19-12-13-21(24)27-19)15-6-8-17(25)9-7-15/h2-13,22,26-27H,1H3. The molecule has 28 heavy (non-hydrogen) atoms. The van der Waals surface area contributed by atoms with Crippen LogP contribution in [0.15, 0.2) is 77.4 Å². The normalized spacial score (nSPS) is 12.1. The number of aromatic nitrogens is 2. The largest absolute Gasteiger partial charge is 0.355 e. The highest BCUT2D eigenvalue weighted by Gasteiger charge is 2.21. The van der Waals surface area contributed by atoms with E-state index in [9.17, 15) is 4.79 Å². The lowest BCUT2D eigenvalue weighted by molar-refractivity contribution is 0.103. The maximum absolute atomic E-state index is 12.9. The number of nitrogens with one attached hydrogen (secondary N) is 2. The van der Waals surface area contributed by atoms with Crippen LogP contribution in [0.2, 0.25) is 0 Å². The zero-order valence-electron chi connectivity index (χ0n) is 15.2. The van der Waals surface area contributed by atoms with E-state index in [1.54, 1.807) is 0 Å². The molecule has 0 saturated carbocycles. The molecule has 3 nitrogen and oxygen atoms in total. The van der Waals surface area contributed by atoms with Crippen LogP contribution < -0.4 is 0 Å². The van der Waals surface area contributed by atoms with Gasteiger partial charge >= 0.3 is 0 Å². The summed E-state index contributed by atoms with van der Waals surface area (Å²) in [5.41, 5.74) is 5.62. The molecule has 140 valence electrons. The van der Waals surface area contributed by atoms with Crippen molar-refractivity contribution in [3.8, 4) is 0 Å². The molecule has 4 rings (SSSR count). The fourth-order valence-electron chi connectivity index (χ4n) is 3.31. The first kappa shape index (κ1) is 19.2. The molecule has 4 aromatic rings. The van der Waals surface area contributed by atoms with Gasteiger partial charge in [0.15, 0.2) is 0 Å². The third-order valence-corrected chi connectivity index (χ3v) is 5.95. The zero-order valence-corrected chi connectivity index (χ0v) is 18.9. The third kappa shape index (κ3) is 4.00. The molecule has 2 aromatic carbocycles. The van der Waals surface area contributed by atoms with E-state index in [1.165, 1.54) is 3.57 Å². The van der Waals surface area contributed by atoms with E-state index >= 15 is 0 Å². The molecule has 0 aliphatic rings. The van der Waals surface area contributed by atoms with Crippen molar-refractivity contribution in [2.24, 2.45) is 0 Å². The second-order valence-corrected chi connectivity index (χ2v) is 8.87. The first-order chi connectivity index (χ1) is 13.5. The van der Waals surface area contributed by atoms with Gasteiger partial charge in [0.1, 0.15) is 0 Å². The van der Waals surface area contributed by atoms with Crippen LogP contribution in [0, 0.1) is 10.5 Å². The minimum absolute atomic E-state index is 0.000256. The smallest absolute Gasteiger partial charge is 0.209 e. The zero-order chi connectivity index (χ0) is 19.7. The average molecular weight is 545 g/mol. The summed E-state index contributed by atoms with van der Waals surface area (Å²) in [4.78, 5) is 19.6. The number of benzene rings is 2. The van der Waals surface area contributed by atoms with Gasteiger partial charge < -0.3 is 9.97 Å². The molecule has 0 fully saturated rings. The van der Waals surface area contributed by atoms with Crippen LogP contribution in [0.1, 0.15) is 44.5 Å². The minimum Gasteiger partial charge on any atom is -0.355 e. The number of carbonyl (C=O) groups excluding carboxylic acids is 1. The Kier molecular flexibility index (Phi) is 5.55. The number of halogens is 2. The van der Waals surface area contributed by atoms with Gasteiger partial charge in [0.25, 0.3) is 0 Å². The number of aryl methyl sites for hydroxylation is 1. The van der Waals surface area contributed by atoms with E-state index in [-0.39, 0.29) is 11.7 Å². The molecule has 0 aliphatic carbocycles. The predicted molar refractivity (Wildman–Crippen MR) is 124 cm³/mol. The molecule has 5 heteroatoms. The van der Waals surface area contributed by atoms with Crippen molar-refractivity contribution in [3.63, 3.8) is 0 Å². The summed E-state index contributed by atoms with van der Waals surface area (Å²) in [6.07, 6.45) is 0. The second-order valence-electron chi connectivity index (χ2n) is 6.77. The molecular formula is C23H18BrIN2O. The summed E-state index contributed by atoms with van der Waals surface area (Å²) < 4.78 is 2.12. The second kappa shape index (κ2) is 8.09. The molecule has 0 aliphatic heterocycles. The third-order valence-electron chi connectivity index (χ3n) is 4.77. The lowest BCUT2D eigenvalue weighted by Gasteiger charge is -2.15. The first-order valence-electron chi connectivity index (χ1n) is 8.91. The Balaban J connectivity index is 1.72. The van der Waals surface area contributed by atoms with Gasteiger partial charge in [0.05, 0.1) is 16.2 Å². The topological polar surface area (TPSA) is 48.6 Å². The summed E-state index contributed by atoms with van der Waals surface area (Å²) in [6.45, 7) is 2.02. The van der Waals surface area contributed by atoms with Crippen LogP contribution in [-0.2, 0) is 0 Å². The Morgan fingerprint density at radius 1 is 0.857 bits per heavy atom. The molecule has 0 spiro atoms. The Bertz CT molecular complexity index is 1110. The lowest BCUT2D eigenvalue weighted by Crippen LogP contribution is -2.06. The Morgan fingerprint density at radius 3 is 2.14 bits per heavy atom. The van der Waals surface area contributed by atoms with Gasteiger partial charge in [-0.1, -0.05) is 42.0 Å². The van der Waals surface area contributed by atoms with Gasteiger partial charge in [0, 0.05) is 20.5 Å². The van der Waals surface area contributed by atoms with Crippen molar-refractivity contribution in [2.75, 3.05) is 0 Å². The van der Waals surface area contributed by atoms with E-state index in [2.05, 4.69) is 78.8 Å². The number of hydrogen-bond donors (Lipinski definition) is 2. The van der Waals surface area contributed by atoms with Crippen molar-refractivity contribution in [1.82, 2.24) is 9.97 Å². The molecule has 1 atom stereocenters. The van der Waals surface area contributed by atoms with Crippen LogP contribution >= 0.6 is 38.5 Å². The van der Waals surface area contributed by atoms with Crippen molar-refractivity contribution in [2.45, 2.75) is 12.8 Å². The van der Waals surface area contributed by atoms with E-state index in [0.717, 1.165) is 27.1 Å². The van der Waals surface area contributed by atoms with Crippen LogP contribution in [-0.4, -0.2) is 15.8 Å². The number of aromatic amines is 2. The van der Waals surface area contributed by atoms with Crippen LogP contribution in [0.3, 0.4) is 0 Å². The molecular weight excluding hydrogens is 527 g/mol. The Morgan fingerprint density at radius 2 is 1.50 bits per heavy atom. The summed E-state index contributed by atoms with van der Waals surface area (Å²) in [5, 5.41) is 0. The molecule has 0 amide bonds. The Labute approximate surface area is 185 Å². The number of ketones is 1. The fourth-order valence-corrected chi connectivity index (χ4v) is 4.03. The minimum atomic E-state index is -0.0112. The highest BCUT2D eigenvalue weighted by molar-refractivity contribution is 14.1. The lowest BCUT2D eigenvalue weighted by atomic mass is 9.93. The highest BCUT2D eigenvalue weighted by atomic mass is 127. The highest BCUT2D eigenvalue weighted by Crippen LogP contribution is 2.32. The molecule has 0 radical (unpaired) electrons. The maximum atomic E-state index is 12.9. The summed E-state index contributed by atoms with van der Waals surface area (Å²) >= 11 is 5.81. The average Bonchev–Trinajstić information content (AvgIpc) is 3.33. The van der Waals surface area contributed by atoms with E-state index in [4.69, 9.17) is 0 Å². The van der Waals surface area contributed by atoms with E-state index < -0.39 is 0 Å². The van der Waals surface area contributed by atoms with Gasteiger partial charge in [-0.15, -0.1) is 0 Å². The van der Waals surface area contributed by atoms with Gasteiger partial charge in [0.2, 0.25) is 5.78 Å². The monoisotopic (exact) mass is 544 g/mol. The first-order valence-corrected chi connectivity index (χ1v) is 10.8. The van der Waals surface area contributed by atoms with Crippen LogP contribution in [0.25, 0.3) is 0 Å². The van der Waals surface area contributed by atoms with Crippen molar-refractivity contribution in [1.29, 1.82) is 0 Å². The van der Waals surface area contributed by atoms with Crippen molar-refractivity contribution >= 4 is 44.3 Å². The number of hydrogen-bond acceptors (Lipinski definition) is 1. The molecule has 2 N–H and O–H groups in total. The molecule has 0 bridgehead atoms. The van der Waals surface area contributed by atoms with Gasteiger partial charge in [-0.05, 0) is 87.4 Å². The number of rotatable bonds is 5. The summed E-state index contributed by atoms with van der Waals surface area (Å²) in [5.74, 6) is -0.0110. The summed E-state index contributed by atoms with van der Waals surface area (Å²) in [6, 6.07) is 24.0. The number of carbonyl (C=O) groups is 1. The van der Waals surface area contributed by atoms with Crippen molar-refractivity contribution < 1.29 is 4.79 Å². The quantitative estimate of drug-likeness (QED) is 0.221. The molecule has 1 unspecified atom stereocenters. The fraction of sp³-hybridized carbons (Fsp3) is 0.0870.